The number of methoxy groups -OCH3 is 2. The van der Waals surface area contributed by atoms with E-state index >= 15 is 0 Å². The average Bonchev–Trinajstić information content (AvgIpc) is 3.19. The van der Waals surface area contributed by atoms with Crippen molar-refractivity contribution in [3.8, 4) is 11.5 Å². The monoisotopic (exact) mass is 453 g/mol. The average molecular weight is 454 g/mol. The lowest BCUT2D eigenvalue weighted by atomic mass is 10.1. The summed E-state index contributed by atoms with van der Waals surface area (Å²) in [4.78, 5) is 13.3. The third-order valence-corrected chi connectivity index (χ3v) is 6.49. The zero-order valence-electron chi connectivity index (χ0n) is 14.3. The van der Waals surface area contributed by atoms with Crippen LogP contribution in [0.25, 0.3) is 6.08 Å². The maximum absolute atomic E-state index is 12.8. The number of ketones is 1. The highest BCUT2D eigenvalue weighted by Crippen LogP contribution is 2.43. The van der Waals surface area contributed by atoms with Crippen LogP contribution in [-0.2, 0) is 11.2 Å². The van der Waals surface area contributed by atoms with E-state index in [1.165, 1.54) is 11.3 Å². The predicted octanol–water partition coefficient (Wildman–Crippen LogP) is 4.30. The molecule has 1 aliphatic heterocycles. The number of ether oxygens (including phenoxy) is 2. The number of hydrogen-bond acceptors (Lipinski definition) is 8. The van der Waals surface area contributed by atoms with Crippen LogP contribution in [-0.4, -0.2) is 35.2 Å². The summed E-state index contributed by atoms with van der Waals surface area (Å²) in [5.41, 5.74) is 0.783. The number of aryl methyl sites for hydroxylation is 1. The first-order chi connectivity index (χ1) is 12.5. The molecule has 1 saturated heterocycles. The maximum Gasteiger partial charge on any atom is 0.186 e. The van der Waals surface area contributed by atoms with E-state index in [9.17, 15) is 4.79 Å². The van der Waals surface area contributed by atoms with Crippen molar-refractivity contribution in [1.82, 2.24) is 10.2 Å². The number of rotatable bonds is 5. The van der Waals surface area contributed by atoms with Gasteiger partial charge in [-0.2, -0.15) is 0 Å². The number of carbonyl (C=O) groups is 1. The van der Waals surface area contributed by atoms with E-state index < -0.39 is 5.92 Å². The summed E-state index contributed by atoms with van der Waals surface area (Å²) in [6.45, 7) is 1.99. The number of nitrogens with zero attached hydrogens (tertiary/aromatic N) is 2. The molecule has 0 unspecified atom stereocenters. The molecular formula is C17H16BrN3O3S2. The van der Waals surface area contributed by atoms with Gasteiger partial charge in [-0.25, -0.2) is 0 Å². The molecular weight excluding hydrogens is 438 g/mol. The predicted molar refractivity (Wildman–Crippen MR) is 108 cm³/mol. The Morgan fingerprint density at radius 2 is 2.08 bits per heavy atom. The number of carbonyl (C=O) groups excluding carboxylic acids is 1. The van der Waals surface area contributed by atoms with Crippen molar-refractivity contribution in [3.63, 3.8) is 0 Å². The molecule has 0 amide bonds. The van der Waals surface area contributed by atoms with Crippen LogP contribution in [0.4, 0.5) is 0 Å². The molecule has 0 radical (unpaired) electrons. The molecule has 2 heterocycles. The van der Waals surface area contributed by atoms with Crippen LogP contribution < -0.4 is 9.47 Å². The quantitative estimate of drug-likeness (QED) is 0.679. The van der Waals surface area contributed by atoms with Crippen LogP contribution in [0.5, 0.6) is 11.5 Å². The zero-order valence-corrected chi connectivity index (χ0v) is 17.5. The van der Waals surface area contributed by atoms with Crippen molar-refractivity contribution in [2.45, 2.75) is 19.3 Å². The molecule has 1 N–H and O–H groups in total. The summed E-state index contributed by atoms with van der Waals surface area (Å²) in [6.07, 6.45) is 2.53. The fourth-order valence-corrected chi connectivity index (χ4v) is 5.09. The Hall–Kier alpha value is -1.71. The molecule has 0 saturated carbocycles. The fourth-order valence-electron chi connectivity index (χ4n) is 2.51. The standard InChI is InChI=1S/C17H16BrN3O3S2/c1-4-12-20-21-17(26-12)13-14(22)11(25-16(13)19)7-8-5-9(18)15(24-3)10(6-8)23-2/h5-7,13,19H,4H2,1-3H3/b11-7-,19-16?/t13-/m1/s1. The third-order valence-electron chi connectivity index (χ3n) is 3.77. The number of hydrogen-bond donors (Lipinski definition) is 1. The molecule has 0 bridgehead atoms. The molecule has 1 aromatic carbocycles. The molecule has 0 aliphatic carbocycles. The van der Waals surface area contributed by atoms with Gasteiger partial charge in [-0.15, -0.1) is 21.5 Å². The Bertz CT molecular complexity index is 911. The van der Waals surface area contributed by atoms with Gasteiger partial charge in [0.25, 0.3) is 0 Å². The highest BCUT2D eigenvalue weighted by molar-refractivity contribution is 9.10. The highest BCUT2D eigenvalue weighted by atomic mass is 79.9. The van der Waals surface area contributed by atoms with Crippen LogP contribution in [0.15, 0.2) is 21.5 Å². The van der Waals surface area contributed by atoms with Crippen molar-refractivity contribution >= 4 is 55.9 Å². The van der Waals surface area contributed by atoms with Crippen molar-refractivity contribution in [2.24, 2.45) is 0 Å². The van der Waals surface area contributed by atoms with Gasteiger partial charge in [-0.3, -0.25) is 10.2 Å². The van der Waals surface area contributed by atoms with Gasteiger partial charge < -0.3 is 9.47 Å². The SMILES string of the molecule is CCc1nnc([C@H]2C(=N)S/C(=C\c3cc(Br)c(OC)c(OC)c3)C2=O)s1. The molecule has 1 atom stereocenters. The second kappa shape index (κ2) is 7.89. The number of Topliss-reactive ketones (excluding diaryl/α,β-unsaturated/α-hetero) is 1. The molecule has 3 rings (SSSR count). The van der Waals surface area contributed by atoms with Crippen LogP contribution in [0.1, 0.15) is 28.4 Å². The van der Waals surface area contributed by atoms with Crippen LogP contribution in [0, 0.1) is 5.41 Å². The molecule has 9 heteroatoms. The van der Waals surface area contributed by atoms with E-state index in [2.05, 4.69) is 26.1 Å². The van der Waals surface area contributed by atoms with Gasteiger partial charge in [-0.05, 0) is 46.1 Å². The Morgan fingerprint density at radius 1 is 1.31 bits per heavy atom. The second-order valence-corrected chi connectivity index (χ2v) is 8.43. The van der Waals surface area contributed by atoms with Crippen LogP contribution in [0.3, 0.4) is 0 Å². The number of thioether (sulfide) groups is 1. The first kappa shape index (κ1) is 19.1. The summed E-state index contributed by atoms with van der Waals surface area (Å²) in [7, 11) is 3.12. The Kier molecular flexibility index (Phi) is 5.79. The summed E-state index contributed by atoms with van der Waals surface area (Å²) in [5, 5.41) is 18.1. The zero-order chi connectivity index (χ0) is 18.8. The molecule has 1 fully saturated rings. The lowest BCUT2D eigenvalue weighted by Crippen LogP contribution is -2.11. The van der Waals surface area contributed by atoms with Gasteiger partial charge in [0, 0.05) is 0 Å². The van der Waals surface area contributed by atoms with E-state index in [4.69, 9.17) is 14.9 Å². The van der Waals surface area contributed by atoms with E-state index in [-0.39, 0.29) is 10.8 Å². The topological polar surface area (TPSA) is 85.2 Å². The maximum atomic E-state index is 12.8. The smallest absolute Gasteiger partial charge is 0.186 e. The fraction of sp³-hybridized carbons (Fsp3) is 0.294. The van der Waals surface area contributed by atoms with Crippen molar-refractivity contribution in [3.05, 3.63) is 37.1 Å². The van der Waals surface area contributed by atoms with Gasteiger partial charge in [-0.1, -0.05) is 18.7 Å². The van der Waals surface area contributed by atoms with Gasteiger partial charge in [0.2, 0.25) is 0 Å². The molecule has 136 valence electrons. The Morgan fingerprint density at radius 3 is 2.69 bits per heavy atom. The number of benzene rings is 1. The van der Waals surface area contributed by atoms with E-state index in [0.29, 0.717) is 21.4 Å². The van der Waals surface area contributed by atoms with Crippen LogP contribution >= 0.6 is 39.0 Å². The van der Waals surface area contributed by atoms with Gasteiger partial charge in [0.15, 0.2) is 17.3 Å². The lowest BCUT2D eigenvalue weighted by molar-refractivity contribution is -0.114. The molecule has 0 spiro atoms. The molecule has 1 aliphatic rings. The summed E-state index contributed by atoms with van der Waals surface area (Å²) in [6, 6.07) is 3.64. The first-order valence-electron chi connectivity index (χ1n) is 7.74. The normalized spacial score (nSPS) is 18.6. The summed E-state index contributed by atoms with van der Waals surface area (Å²) in [5.74, 6) is 0.386. The van der Waals surface area contributed by atoms with Crippen molar-refractivity contribution in [2.75, 3.05) is 14.2 Å². The minimum atomic E-state index is -0.646. The number of halogens is 1. The summed E-state index contributed by atoms with van der Waals surface area (Å²) < 4.78 is 11.4. The lowest BCUT2D eigenvalue weighted by Gasteiger charge is -2.10. The van der Waals surface area contributed by atoms with E-state index in [1.54, 1.807) is 26.4 Å². The minimum Gasteiger partial charge on any atom is -0.493 e. The van der Waals surface area contributed by atoms with E-state index in [1.807, 2.05) is 13.0 Å². The molecule has 6 nitrogen and oxygen atoms in total. The first-order valence-corrected chi connectivity index (χ1v) is 10.2. The third kappa shape index (κ3) is 3.56. The number of nitrogens with one attached hydrogen (secondary N) is 1. The van der Waals surface area contributed by atoms with E-state index in [0.717, 1.165) is 33.2 Å². The molecule has 1 aromatic heterocycles. The number of aromatic nitrogens is 2. The highest BCUT2D eigenvalue weighted by Gasteiger charge is 2.39. The van der Waals surface area contributed by atoms with Gasteiger partial charge in [0.1, 0.15) is 15.9 Å². The second-order valence-electron chi connectivity index (χ2n) is 5.40. The Labute approximate surface area is 167 Å². The largest absolute Gasteiger partial charge is 0.493 e. The molecule has 2 aromatic rings. The number of allylic oxidation sites excluding steroid dienone is 1. The van der Waals surface area contributed by atoms with Crippen molar-refractivity contribution in [1.29, 1.82) is 5.41 Å². The summed E-state index contributed by atoms with van der Waals surface area (Å²) >= 11 is 6.00. The molecule has 26 heavy (non-hydrogen) atoms. The Balaban J connectivity index is 1.94. The van der Waals surface area contributed by atoms with Gasteiger partial charge in [0.05, 0.1) is 28.6 Å². The van der Waals surface area contributed by atoms with Crippen LogP contribution in [0.2, 0.25) is 0 Å². The van der Waals surface area contributed by atoms with Crippen molar-refractivity contribution < 1.29 is 14.3 Å². The minimum absolute atomic E-state index is 0.121. The van der Waals surface area contributed by atoms with Gasteiger partial charge >= 0.3 is 0 Å².